The Balaban J connectivity index is 1.69. The first-order valence-corrected chi connectivity index (χ1v) is 10.2. The lowest BCUT2D eigenvalue weighted by Gasteiger charge is -2.05. The molecule has 1 aromatic heterocycles. The molecule has 0 aliphatic rings. The summed E-state index contributed by atoms with van der Waals surface area (Å²) in [6, 6.07) is 14.4. The fourth-order valence-electron chi connectivity index (χ4n) is 2.14. The molecule has 6 nitrogen and oxygen atoms in total. The first kappa shape index (κ1) is 17.7. The summed E-state index contributed by atoms with van der Waals surface area (Å²) < 4.78 is 32.2. The average Bonchev–Trinajstić information content (AvgIpc) is 3.10. The normalized spacial score (nSPS) is 11.6. The second kappa shape index (κ2) is 7.38. The minimum absolute atomic E-state index is 0.0640. The third kappa shape index (κ3) is 4.28. The Labute approximate surface area is 150 Å². The van der Waals surface area contributed by atoms with Gasteiger partial charge in [-0.2, -0.15) is 4.98 Å². The summed E-state index contributed by atoms with van der Waals surface area (Å²) in [4.78, 5) is 5.42. The Morgan fingerprint density at radius 2 is 1.76 bits per heavy atom. The molecule has 3 rings (SSSR count). The van der Waals surface area contributed by atoms with Crippen LogP contribution >= 0.6 is 11.8 Å². The molecule has 1 N–H and O–H groups in total. The second-order valence-electron chi connectivity index (χ2n) is 5.38. The fraction of sp³-hybridized carbons (Fsp3) is 0.176. The summed E-state index contributed by atoms with van der Waals surface area (Å²) in [5, 5.41) is 3.89. The Hall–Kier alpha value is -2.16. The van der Waals surface area contributed by atoms with Crippen molar-refractivity contribution in [2.45, 2.75) is 23.3 Å². The molecule has 0 unspecified atom stereocenters. The molecule has 1 heterocycles. The van der Waals surface area contributed by atoms with Gasteiger partial charge in [-0.05, 0) is 37.4 Å². The van der Waals surface area contributed by atoms with E-state index in [2.05, 4.69) is 14.9 Å². The summed E-state index contributed by atoms with van der Waals surface area (Å²) in [5.74, 6) is 0.637. The van der Waals surface area contributed by atoms with Gasteiger partial charge >= 0.3 is 0 Å². The van der Waals surface area contributed by atoms with E-state index < -0.39 is 10.0 Å². The maximum Gasteiger partial charge on any atom is 0.242 e. The van der Waals surface area contributed by atoms with Crippen molar-refractivity contribution >= 4 is 21.8 Å². The van der Waals surface area contributed by atoms with Crippen LogP contribution in [0.2, 0.25) is 0 Å². The summed E-state index contributed by atoms with van der Waals surface area (Å²) in [5.41, 5.74) is 1.95. The van der Waals surface area contributed by atoms with Crippen LogP contribution in [0.25, 0.3) is 11.4 Å². The zero-order valence-corrected chi connectivity index (χ0v) is 15.4. The van der Waals surface area contributed by atoms with Crippen molar-refractivity contribution in [2.75, 3.05) is 6.26 Å². The lowest BCUT2D eigenvalue weighted by molar-refractivity contribution is 0.376. The van der Waals surface area contributed by atoms with Crippen LogP contribution in [0, 0.1) is 6.92 Å². The summed E-state index contributed by atoms with van der Waals surface area (Å²) in [6.07, 6.45) is 1.93. The van der Waals surface area contributed by atoms with Gasteiger partial charge in [-0.25, -0.2) is 13.1 Å². The molecule has 0 amide bonds. The van der Waals surface area contributed by atoms with Gasteiger partial charge in [0.15, 0.2) is 0 Å². The van der Waals surface area contributed by atoms with Crippen molar-refractivity contribution in [3.63, 3.8) is 0 Å². The largest absolute Gasteiger partial charge is 0.338 e. The summed E-state index contributed by atoms with van der Waals surface area (Å²) in [6.45, 7) is 1.93. The van der Waals surface area contributed by atoms with Crippen molar-refractivity contribution in [3.05, 3.63) is 60.0 Å². The van der Waals surface area contributed by atoms with Crippen LogP contribution in [0.4, 0.5) is 0 Å². The Kier molecular flexibility index (Phi) is 5.22. The molecule has 130 valence electrons. The number of sulfonamides is 1. The molecular weight excluding hydrogens is 358 g/mol. The van der Waals surface area contributed by atoms with Gasteiger partial charge in [0.2, 0.25) is 21.7 Å². The van der Waals surface area contributed by atoms with E-state index in [-0.39, 0.29) is 17.3 Å². The molecule has 0 aliphatic heterocycles. The topological polar surface area (TPSA) is 85.1 Å². The van der Waals surface area contributed by atoms with E-state index in [0.29, 0.717) is 5.82 Å². The zero-order chi connectivity index (χ0) is 17.9. The third-order valence-electron chi connectivity index (χ3n) is 3.56. The van der Waals surface area contributed by atoms with Crippen LogP contribution in [-0.4, -0.2) is 24.8 Å². The van der Waals surface area contributed by atoms with E-state index in [1.165, 1.54) is 0 Å². The fourth-order valence-corrected chi connectivity index (χ4v) is 3.52. The van der Waals surface area contributed by atoms with Crippen LogP contribution < -0.4 is 4.72 Å². The van der Waals surface area contributed by atoms with E-state index in [0.717, 1.165) is 16.0 Å². The maximum absolute atomic E-state index is 12.3. The molecule has 25 heavy (non-hydrogen) atoms. The van der Waals surface area contributed by atoms with E-state index in [1.807, 2.05) is 37.4 Å². The predicted octanol–water partition coefficient (Wildman–Crippen LogP) is 3.25. The number of aromatic nitrogens is 2. The number of rotatable bonds is 6. The Bertz CT molecular complexity index is 950. The predicted molar refractivity (Wildman–Crippen MR) is 96.7 cm³/mol. The number of hydrogen-bond donors (Lipinski definition) is 1. The van der Waals surface area contributed by atoms with Gasteiger partial charge in [-0.1, -0.05) is 35.0 Å². The zero-order valence-electron chi connectivity index (χ0n) is 13.8. The van der Waals surface area contributed by atoms with Crippen LogP contribution in [-0.2, 0) is 16.6 Å². The van der Waals surface area contributed by atoms with E-state index in [4.69, 9.17) is 4.52 Å². The van der Waals surface area contributed by atoms with Crippen LogP contribution in [0.15, 0.2) is 62.8 Å². The monoisotopic (exact) mass is 375 g/mol. The van der Waals surface area contributed by atoms with E-state index in [1.54, 1.807) is 36.0 Å². The van der Waals surface area contributed by atoms with Crippen LogP contribution in [0.5, 0.6) is 0 Å². The number of thioether (sulfide) groups is 1. The van der Waals surface area contributed by atoms with Crippen molar-refractivity contribution in [2.24, 2.45) is 0 Å². The second-order valence-corrected chi connectivity index (χ2v) is 8.02. The van der Waals surface area contributed by atoms with Crippen LogP contribution in [0.3, 0.4) is 0 Å². The van der Waals surface area contributed by atoms with E-state index >= 15 is 0 Å². The molecule has 8 heteroatoms. The Morgan fingerprint density at radius 3 is 2.40 bits per heavy atom. The molecule has 3 aromatic rings. The highest BCUT2D eigenvalue weighted by atomic mass is 32.2. The lowest BCUT2D eigenvalue weighted by atomic mass is 10.1. The maximum atomic E-state index is 12.3. The number of hydrogen-bond acceptors (Lipinski definition) is 6. The highest BCUT2D eigenvalue weighted by Gasteiger charge is 2.16. The summed E-state index contributed by atoms with van der Waals surface area (Å²) in [7, 11) is -3.63. The van der Waals surface area contributed by atoms with Crippen molar-refractivity contribution in [1.29, 1.82) is 0 Å². The standard InChI is InChI=1S/C17H17N3O3S2/c1-12-3-5-13(6-4-12)17-19-16(23-20-17)11-18-25(21,22)15-9-7-14(24-2)8-10-15/h3-10,18H,11H2,1-2H3. The number of benzene rings is 2. The van der Waals surface area contributed by atoms with E-state index in [9.17, 15) is 8.42 Å². The van der Waals surface area contributed by atoms with Crippen molar-refractivity contribution < 1.29 is 12.9 Å². The SMILES string of the molecule is CSc1ccc(S(=O)(=O)NCc2nc(-c3ccc(C)cc3)no2)cc1. The van der Waals surface area contributed by atoms with Gasteiger partial charge in [0, 0.05) is 10.5 Å². The lowest BCUT2D eigenvalue weighted by Crippen LogP contribution is -2.23. The molecule has 0 bridgehead atoms. The molecule has 0 atom stereocenters. The minimum atomic E-state index is -3.63. The van der Waals surface area contributed by atoms with Crippen molar-refractivity contribution in [1.82, 2.24) is 14.9 Å². The third-order valence-corrected chi connectivity index (χ3v) is 5.72. The first-order valence-electron chi connectivity index (χ1n) is 7.51. The van der Waals surface area contributed by atoms with Gasteiger partial charge in [-0.15, -0.1) is 11.8 Å². The number of nitrogens with one attached hydrogen (secondary N) is 1. The van der Waals surface area contributed by atoms with Gasteiger partial charge < -0.3 is 4.52 Å². The van der Waals surface area contributed by atoms with Crippen LogP contribution in [0.1, 0.15) is 11.5 Å². The Morgan fingerprint density at radius 1 is 1.08 bits per heavy atom. The molecular formula is C17H17N3O3S2. The molecule has 0 fully saturated rings. The molecule has 0 saturated heterocycles. The van der Waals surface area contributed by atoms with Gasteiger partial charge in [0.05, 0.1) is 11.4 Å². The van der Waals surface area contributed by atoms with Crippen molar-refractivity contribution in [3.8, 4) is 11.4 Å². The molecule has 0 saturated carbocycles. The molecule has 2 aromatic carbocycles. The van der Waals surface area contributed by atoms with Gasteiger partial charge in [-0.3, -0.25) is 0 Å². The number of aryl methyl sites for hydroxylation is 1. The molecule has 0 aliphatic carbocycles. The highest BCUT2D eigenvalue weighted by molar-refractivity contribution is 7.98. The smallest absolute Gasteiger partial charge is 0.242 e. The molecule has 0 spiro atoms. The quantitative estimate of drug-likeness (QED) is 0.666. The average molecular weight is 375 g/mol. The molecule has 0 radical (unpaired) electrons. The summed E-state index contributed by atoms with van der Waals surface area (Å²) >= 11 is 1.55. The highest BCUT2D eigenvalue weighted by Crippen LogP contribution is 2.19. The number of nitrogens with zero attached hydrogens (tertiary/aromatic N) is 2. The van der Waals surface area contributed by atoms with Gasteiger partial charge in [0.25, 0.3) is 0 Å². The minimum Gasteiger partial charge on any atom is -0.338 e. The van der Waals surface area contributed by atoms with Gasteiger partial charge in [0.1, 0.15) is 0 Å². The first-order chi connectivity index (χ1) is 12.0.